The van der Waals surface area contributed by atoms with Crippen molar-refractivity contribution in [1.29, 1.82) is 0 Å². The molecule has 0 saturated heterocycles. The summed E-state index contributed by atoms with van der Waals surface area (Å²) < 4.78 is 40.8. The second-order valence-corrected chi connectivity index (χ2v) is 9.41. The summed E-state index contributed by atoms with van der Waals surface area (Å²) >= 11 is 0. The number of aromatic nitrogens is 2. The van der Waals surface area contributed by atoms with Gasteiger partial charge in [-0.3, -0.25) is 9.80 Å². The number of ether oxygens (including phenoxy) is 2. The molecule has 2 heterocycles. The Morgan fingerprint density at radius 1 is 1.11 bits per heavy atom. The predicted molar refractivity (Wildman–Crippen MR) is 134 cm³/mol. The van der Waals surface area contributed by atoms with E-state index in [2.05, 4.69) is 20.2 Å². The van der Waals surface area contributed by atoms with E-state index in [-0.39, 0.29) is 24.1 Å². The van der Waals surface area contributed by atoms with Crippen LogP contribution in [0, 0.1) is 11.6 Å². The molecule has 0 spiro atoms. The Balaban J connectivity index is 1.67. The van der Waals surface area contributed by atoms with Crippen LogP contribution in [0.4, 0.5) is 31.0 Å². The normalized spacial score (nSPS) is 16.0. The molecule has 0 atom stereocenters. The number of anilines is 3. The van der Waals surface area contributed by atoms with E-state index in [1.165, 1.54) is 14.2 Å². The van der Waals surface area contributed by atoms with Gasteiger partial charge in [0.15, 0.2) is 23.1 Å². The van der Waals surface area contributed by atoms with E-state index in [0.717, 1.165) is 56.0 Å². The number of halogens is 2. The van der Waals surface area contributed by atoms with Gasteiger partial charge in [0.25, 0.3) is 0 Å². The Labute approximate surface area is 210 Å². The third-order valence-corrected chi connectivity index (χ3v) is 6.66. The maximum absolute atomic E-state index is 15.3. The van der Waals surface area contributed by atoms with Gasteiger partial charge in [0.05, 0.1) is 20.8 Å². The van der Waals surface area contributed by atoms with Crippen molar-refractivity contribution in [1.82, 2.24) is 14.9 Å². The lowest BCUT2D eigenvalue weighted by atomic mass is 10.1. The molecule has 1 aromatic carbocycles. The number of urea groups is 1. The minimum absolute atomic E-state index is 0.0787. The van der Waals surface area contributed by atoms with E-state index in [1.807, 2.05) is 14.1 Å². The Morgan fingerprint density at radius 2 is 1.78 bits per heavy atom. The number of methoxy groups -OCH3 is 2. The van der Waals surface area contributed by atoms with Crippen molar-refractivity contribution in [3.63, 3.8) is 0 Å². The Hall–Kier alpha value is -3.21. The molecule has 2 aliphatic rings. The second kappa shape index (κ2) is 11.2. The molecular formula is C25H34F2N6O3. The molecule has 0 unspecified atom stereocenters. The highest BCUT2D eigenvalue weighted by Crippen LogP contribution is 2.42. The number of hydrogen-bond donors (Lipinski definition) is 1. The Bertz CT molecular complexity index is 1070. The highest BCUT2D eigenvalue weighted by atomic mass is 19.1. The number of unbranched alkanes of at least 4 members (excludes halogenated alkanes) is 1. The minimum Gasteiger partial charge on any atom is -0.493 e. The van der Waals surface area contributed by atoms with Crippen LogP contribution in [0.25, 0.3) is 0 Å². The van der Waals surface area contributed by atoms with Crippen LogP contribution >= 0.6 is 0 Å². The second-order valence-electron chi connectivity index (χ2n) is 9.41. The van der Waals surface area contributed by atoms with E-state index in [9.17, 15) is 4.79 Å². The summed E-state index contributed by atoms with van der Waals surface area (Å²) in [4.78, 5) is 27.7. The van der Waals surface area contributed by atoms with Crippen LogP contribution < -0.4 is 24.6 Å². The van der Waals surface area contributed by atoms with Gasteiger partial charge in [0, 0.05) is 30.4 Å². The van der Waals surface area contributed by atoms with Crippen molar-refractivity contribution in [2.45, 2.75) is 51.1 Å². The molecule has 2 amide bonds. The van der Waals surface area contributed by atoms with Crippen molar-refractivity contribution < 1.29 is 23.0 Å². The lowest BCUT2D eigenvalue weighted by Gasteiger charge is -2.39. The third kappa shape index (κ3) is 5.16. The van der Waals surface area contributed by atoms with Crippen LogP contribution in [0.1, 0.15) is 44.1 Å². The summed E-state index contributed by atoms with van der Waals surface area (Å²) in [6.45, 7) is 1.62. The quantitative estimate of drug-likeness (QED) is 0.480. The van der Waals surface area contributed by atoms with Gasteiger partial charge < -0.3 is 19.7 Å². The summed E-state index contributed by atoms with van der Waals surface area (Å²) in [5, 5.41) is 3.24. The monoisotopic (exact) mass is 504 g/mol. The van der Waals surface area contributed by atoms with Crippen LogP contribution in [-0.2, 0) is 6.54 Å². The van der Waals surface area contributed by atoms with Gasteiger partial charge in [-0.05, 0) is 46.3 Å². The molecule has 2 aromatic rings. The average Bonchev–Trinajstić information content (AvgIpc) is 3.38. The largest absolute Gasteiger partial charge is 0.493 e. The van der Waals surface area contributed by atoms with E-state index in [4.69, 9.17) is 9.47 Å². The van der Waals surface area contributed by atoms with E-state index >= 15 is 8.78 Å². The van der Waals surface area contributed by atoms with Gasteiger partial charge in [-0.1, -0.05) is 12.8 Å². The number of carbonyl (C=O) groups is 1. The molecule has 1 aliphatic carbocycles. The van der Waals surface area contributed by atoms with Crippen LogP contribution in [0.15, 0.2) is 12.3 Å². The van der Waals surface area contributed by atoms with Crippen molar-refractivity contribution >= 4 is 23.5 Å². The zero-order chi connectivity index (χ0) is 25.8. The van der Waals surface area contributed by atoms with Crippen molar-refractivity contribution in [2.75, 3.05) is 56.5 Å². The molecule has 1 aromatic heterocycles. The first kappa shape index (κ1) is 25.9. The zero-order valence-corrected chi connectivity index (χ0v) is 21.3. The van der Waals surface area contributed by atoms with Gasteiger partial charge in [-0.15, -0.1) is 0 Å². The van der Waals surface area contributed by atoms with Gasteiger partial charge >= 0.3 is 6.03 Å². The smallest absolute Gasteiger partial charge is 0.330 e. The van der Waals surface area contributed by atoms with E-state index in [0.29, 0.717) is 23.9 Å². The fourth-order valence-electron chi connectivity index (χ4n) is 4.79. The molecule has 196 valence electrons. The van der Waals surface area contributed by atoms with Crippen LogP contribution in [0.3, 0.4) is 0 Å². The predicted octanol–water partition coefficient (Wildman–Crippen LogP) is 4.41. The third-order valence-electron chi connectivity index (χ3n) is 6.66. The first-order valence-electron chi connectivity index (χ1n) is 12.3. The molecule has 36 heavy (non-hydrogen) atoms. The van der Waals surface area contributed by atoms with E-state index in [1.54, 1.807) is 11.1 Å². The van der Waals surface area contributed by atoms with Gasteiger partial charge in [0.1, 0.15) is 11.5 Å². The number of carbonyl (C=O) groups excluding carboxylic acids is 1. The summed E-state index contributed by atoms with van der Waals surface area (Å²) in [6, 6.07) is 0.490. The molecule has 0 bridgehead atoms. The topological polar surface area (TPSA) is 83.1 Å². The molecular weight excluding hydrogens is 470 g/mol. The summed E-state index contributed by atoms with van der Waals surface area (Å²) in [7, 11) is 6.63. The molecule has 1 N–H and O–H groups in total. The SMILES string of the molecule is COc1cc(OC)c(F)c(N2Cc3cnc(NCCCCN(C)C)nc3N(C3CCCC3)C2=O)c1F. The van der Waals surface area contributed by atoms with Gasteiger partial charge in [-0.2, -0.15) is 4.98 Å². The maximum atomic E-state index is 15.3. The van der Waals surface area contributed by atoms with Crippen LogP contribution in [-0.4, -0.2) is 68.3 Å². The van der Waals surface area contributed by atoms with Crippen molar-refractivity contribution in [3.8, 4) is 11.5 Å². The minimum atomic E-state index is -0.962. The highest BCUT2D eigenvalue weighted by Gasteiger charge is 2.41. The summed E-state index contributed by atoms with van der Waals surface area (Å²) in [5.41, 5.74) is 0.105. The van der Waals surface area contributed by atoms with Gasteiger partial charge in [0.2, 0.25) is 5.95 Å². The van der Waals surface area contributed by atoms with Crippen molar-refractivity contribution in [2.24, 2.45) is 0 Å². The molecule has 11 heteroatoms. The average molecular weight is 505 g/mol. The highest BCUT2D eigenvalue weighted by molar-refractivity contribution is 6.06. The number of benzene rings is 1. The fraction of sp³-hybridized carbons (Fsp3) is 0.560. The number of amides is 2. The summed E-state index contributed by atoms with van der Waals surface area (Å²) in [5.74, 6) is -1.42. The summed E-state index contributed by atoms with van der Waals surface area (Å²) in [6.07, 6.45) is 7.15. The fourth-order valence-corrected chi connectivity index (χ4v) is 4.79. The standard InChI is InChI=1S/C25H34F2N6O3/c1-31(2)12-8-7-11-28-24-29-14-16-15-32(22-20(26)18(35-3)13-19(36-4)21(22)27)25(34)33(23(16)30-24)17-9-5-6-10-17/h13-14,17H,5-12,15H2,1-4H3,(H,28,29,30). The van der Waals surface area contributed by atoms with Gasteiger partial charge in [-0.25, -0.2) is 18.6 Å². The van der Waals surface area contributed by atoms with Crippen LogP contribution in [0.5, 0.6) is 11.5 Å². The number of nitrogens with one attached hydrogen (secondary N) is 1. The number of fused-ring (bicyclic) bond motifs is 1. The Kier molecular flexibility index (Phi) is 8.07. The first-order valence-corrected chi connectivity index (χ1v) is 12.3. The number of nitrogens with zero attached hydrogens (tertiary/aromatic N) is 5. The molecule has 4 rings (SSSR count). The molecule has 1 saturated carbocycles. The molecule has 0 radical (unpaired) electrons. The lowest BCUT2D eigenvalue weighted by Crippen LogP contribution is -2.52. The Morgan fingerprint density at radius 3 is 2.39 bits per heavy atom. The maximum Gasteiger partial charge on any atom is 0.330 e. The number of rotatable bonds is 10. The van der Waals surface area contributed by atoms with E-state index < -0.39 is 23.4 Å². The zero-order valence-electron chi connectivity index (χ0n) is 21.3. The van der Waals surface area contributed by atoms with Crippen molar-refractivity contribution in [3.05, 3.63) is 29.5 Å². The first-order chi connectivity index (χ1) is 17.3. The lowest BCUT2D eigenvalue weighted by molar-refractivity contribution is 0.246. The van der Waals surface area contributed by atoms with Crippen LogP contribution in [0.2, 0.25) is 0 Å². The molecule has 1 aliphatic heterocycles. The number of hydrogen-bond acceptors (Lipinski definition) is 7. The molecule has 9 nitrogen and oxygen atoms in total. The molecule has 1 fully saturated rings.